The number of benzene rings is 3. The van der Waals surface area contributed by atoms with E-state index >= 15 is 0 Å². The second-order valence-corrected chi connectivity index (χ2v) is 7.35. The maximum atomic E-state index is 12.1. The third-order valence-corrected chi connectivity index (χ3v) is 5.18. The van der Waals surface area contributed by atoms with Crippen LogP contribution in [-0.4, -0.2) is 25.3 Å². The van der Waals surface area contributed by atoms with E-state index in [4.69, 9.17) is 13.9 Å². The number of aryl methyl sites for hydroxylation is 1. The number of carboxylic acid groups (broad SMARTS) is 1. The van der Waals surface area contributed by atoms with Crippen LogP contribution in [0.15, 0.2) is 82.2 Å². The van der Waals surface area contributed by atoms with Crippen molar-refractivity contribution in [3.8, 4) is 22.8 Å². The van der Waals surface area contributed by atoms with Gasteiger partial charge in [0.1, 0.15) is 11.3 Å². The van der Waals surface area contributed by atoms with Gasteiger partial charge in [0.15, 0.2) is 17.5 Å². The lowest BCUT2D eigenvalue weighted by atomic mass is 10.1. The number of fused-ring (bicyclic) bond motifs is 1. The second-order valence-electron chi connectivity index (χ2n) is 7.35. The molecule has 0 aliphatic rings. The molecule has 4 rings (SSSR count). The Morgan fingerprint density at radius 2 is 1.69 bits per heavy atom. The van der Waals surface area contributed by atoms with Crippen LogP contribution in [0.5, 0.6) is 11.5 Å². The summed E-state index contributed by atoms with van der Waals surface area (Å²) >= 11 is 0. The number of aliphatic carboxylic acids is 1. The highest BCUT2D eigenvalue weighted by molar-refractivity contribution is 5.80. The molecule has 162 valence electrons. The van der Waals surface area contributed by atoms with E-state index in [1.807, 2.05) is 43.3 Å². The summed E-state index contributed by atoms with van der Waals surface area (Å²) in [7, 11) is 3.15. The van der Waals surface area contributed by atoms with Crippen molar-refractivity contribution in [2.45, 2.75) is 13.0 Å². The Labute approximate surface area is 185 Å². The Hall–Kier alpha value is -4.06. The number of ether oxygens (including phenoxy) is 2. The molecule has 0 aliphatic heterocycles. The van der Waals surface area contributed by atoms with Crippen LogP contribution < -0.4 is 14.8 Å². The first kappa shape index (κ1) is 21.2. The molecule has 0 radical (unpaired) electrons. The summed E-state index contributed by atoms with van der Waals surface area (Å²) in [5, 5.41) is 11.2. The monoisotopic (exact) mass is 429 g/mol. The molecule has 0 saturated carbocycles. The standard InChI is InChI=1S/C26H23NO5/c1-16-9-11-21-19(13-16)20(27-25(26(28)29)17-7-5-4-6-8-17)15-23(32-21)18-10-12-22(30-2)24(14-18)31-3/h4-15,25H,1-3H3,(H,28,29). The maximum Gasteiger partial charge on any atom is 0.333 e. The minimum absolute atomic E-state index is 0.538. The summed E-state index contributed by atoms with van der Waals surface area (Å²) in [4.78, 5) is 16.7. The number of nitrogens with zero attached hydrogens (tertiary/aromatic N) is 1. The number of rotatable bonds is 6. The quantitative estimate of drug-likeness (QED) is 0.458. The molecule has 32 heavy (non-hydrogen) atoms. The third-order valence-electron chi connectivity index (χ3n) is 5.18. The van der Waals surface area contributed by atoms with Gasteiger partial charge in [0.2, 0.25) is 0 Å². The van der Waals surface area contributed by atoms with Crippen LogP contribution in [0.25, 0.3) is 22.3 Å². The number of hydrogen-bond acceptors (Lipinski definition) is 5. The van der Waals surface area contributed by atoms with Crippen LogP contribution in [0.3, 0.4) is 0 Å². The molecule has 0 amide bonds. The largest absolute Gasteiger partial charge is 0.493 e. The molecule has 0 fully saturated rings. The average Bonchev–Trinajstić information content (AvgIpc) is 2.82. The van der Waals surface area contributed by atoms with Crippen molar-refractivity contribution in [3.05, 3.63) is 89.3 Å². The highest BCUT2D eigenvalue weighted by Gasteiger charge is 2.19. The molecule has 1 N–H and O–H groups in total. The summed E-state index contributed by atoms with van der Waals surface area (Å²) in [6.45, 7) is 1.97. The maximum absolute atomic E-state index is 12.1. The lowest BCUT2D eigenvalue weighted by Gasteiger charge is -2.11. The highest BCUT2D eigenvalue weighted by Crippen LogP contribution is 2.33. The van der Waals surface area contributed by atoms with Gasteiger partial charge in [0.05, 0.1) is 19.6 Å². The van der Waals surface area contributed by atoms with E-state index in [0.717, 1.165) is 16.5 Å². The predicted octanol–water partition coefficient (Wildman–Crippen LogP) is 5.15. The molecule has 6 heteroatoms. The highest BCUT2D eigenvalue weighted by atomic mass is 16.5. The third kappa shape index (κ3) is 4.21. The molecule has 1 unspecified atom stereocenters. The fourth-order valence-electron chi connectivity index (χ4n) is 3.57. The van der Waals surface area contributed by atoms with Gasteiger partial charge in [0.25, 0.3) is 0 Å². The minimum atomic E-state index is -1.04. The minimum Gasteiger partial charge on any atom is -0.493 e. The molecule has 1 aromatic heterocycles. The smallest absolute Gasteiger partial charge is 0.333 e. The molecule has 3 aromatic carbocycles. The van der Waals surface area contributed by atoms with E-state index in [1.54, 1.807) is 50.6 Å². The fourth-order valence-corrected chi connectivity index (χ4v) is 3.57. The van der Waals surface area contributed by atoms with E-state index in [1.165, 1.54) is 0 Å². The molecular weight excluding hydrogens is 406 g/mol. The summed E-state index contributed by atoms with van der Waals surface area (Å²) in [6, 6.07) is 20.9. The lowest BCUT2D eigenvalue weighted by molar-refractivity contribution is -0.138. The van der Waals surface area contributed by atoms with Gasteiger partial charge in [-0.2, -0.15) is 0 Å². The van der Waals surface area contributed by atoms with Gasteiger partial charge in [-0.15, -0.1) is 0 Å². The van der Waals surface area contributed by atoms with Crippen molar-refractivity contribution in [2.75, 3.05) is 14.2 Å². The van der Waals surface area contributed by atoms with Crippen LogP contribution >= 0.6 is 0 Å². The van der Waals surface area contributed by atoms with E-state index in [0.29, 0.717) is 33.8 Å². The molecule has 0 saturated heterocycles. The molecule has 0 aliphatic carbocycles. The average molecular weight is 429 g/mol. The summed E-state index contributed by atoms with van der Waals surface area (Å²) in [5.41, 5.74) is 3.00. The van der Waals surface area contributed by atoms with Gasteiger partial charge in [-0.05, 0) is 42.8 Å². The lowest BCUT2D eigenvalue weighted by Crippen LogP contribution is -2.15. The topological polar surface area (TPSA) is 81.3 Å². The summed E-state index contributed by atoms with van der Waals surface area (Å²) in [6.07, 6.45) is 0. The van der Waals surface area contributed by atoms with E-state index in [-0.39, 0.29) is 0 Å². The molecule has 1 heterocycles. The number of hydrogen-bond donors (Lipinski definition) is 1. The summed E-state index contributed by atoms with van der Waals surface area (Å²) < 4.78 is 16.9. The Morgan fingerprint density at radius 1 is 0.938 bits per heavy atom. The van der Waals surface area contributed by atoms with Crippen LogP contribution in [0, 0.1) is 6.92 Å². The van der Waals surface area contributed by atoms with E-state index in [2.05, 4.69) is 4.99 Å². The Kier molecular flexibility index (Phi) is 5.94. The first-order valence-corrected chi connectivity index (χ1v) is 10.1. The van der Waals surface area contributed by atoms with Crippen molar-refractivity contribution in [1.29, 1.82) is 0 Å². The molecule has 0 spiro atoms. The number of carboxylic acids is 1. The molecule has 1 atom stereocenters. The molecule has 0 bridgehead atoms. The van der Waals surface area contributed by atoms with Crippen LogP contribution in [0.4, 0.5) is 0 Å². The van der Waals surface area contributed by atoms with E-state index in [9.17, 15) is 9.90 Å². The second kappa shape index (κ2) is 8.98. The van der Waals surface area contributed by atoms with Gasteiger partial charge in [0, 0.05) is 17.0 Å². The van der Waals surface area contributed by atoms with Crippen molar-refractivity contribution < 1.29 is 23.8 Å². The normalized spacial score (nSPS) is 12.5. The van der Waals surface area contributed by atoms with Gasteiger partial charge in [-0.3, -0.25) is 4.99 Å². The zero-order chi connectivity index (χ0) is 22.7. The van der Waals surface area contributed by atoms with Gasteiger partial charge >= 0.3 is 5.97 Å². The van der Waals surface area contributed by atoms with Gasteiger partial charge in [-0.25, -0.2) is 4.79 Å². The zero-order valence-corrected chi connectivity index (χ0v) is 18.0. The van der Waals surface area contributed by atoms with Gasteiger partial charge < -0.3 is 19.0 Å². The number of carbonyl (C=O) groups is 1. The predicted molar refractivity (Wildman–Crippen MR) is 122 cm³/mol. The summed E-state index contributed by atoms with van der Waals surface area (Å²) in [5.74, 6) is 0.687. The van der Waals surface area contributed by atoms with Crippen LogP contribution in [-0.2, 0) is 4.79 Å². The molecular formula is C26H23NO5. The Morgan fingerprint density at radius 3 is 2.38 bits per heavy atom. The van der Waals surface area contributed by atoms with Gasteiger partial charge in [-0.1, -0.05) is 42.0 Å². The first-order valence-electron chi connectivity index (χ1n) is 10.1. The van der Waals surface area contributed by atoms with Crippen molar-refractivity contribution in [1.82, 2.24) is 0 Å². The number of methoxy groups -OCH3 is 2. The first-order chi connectivity index (χ1) is 15.5. The van der Waals surface area contributed by atoms with E-state index < -0.39 is 12.0 Å². The van der Waals surface area contributed by atoms with Crippen molar-refractivity contribution in [3.63, 3.8) is 0 Å². The van der Waals surface area contributed by atoms with Crippen LogP contribution in [0.2, 0.25) is 0 Å². The van der Waals surface area contributed by atoms with Crippen molar-refractivity contribution >= 4 is 16.9 Å². The fraction of sp³-hybridized carbons (Fsp3) is 0.154. The molecule has 4 aromatic rings. The van der Waals surface area contributed by atoms with Crippen molar-refractivity contribution in [2.24, 2.45) is 4.99 Å². The Balaban J connectivity index is 1.97. The van der Waals surface area contributed by atoms with Crippen LogP contribution in [0.1, 0.15) is 17.2 Å². The SMILES string of the molecule is COc1ccc(-c2cc(=NC(C(=O)O)c3ccccc3)c3cc(C)ccc3o2)cc1OC. The molecule has 6 nitrogen and oxygen atoms in total. The zero-order valence-electron chi connectivity index (χ0n) is 18.0. The Bertz CT molecular complexity index is 1340.